The topological polar surface area (TPSA) is 3.24 Å². The van der Waals surface area contributed by atoms with Gasteiger partial charge in [0.05, 0.1) is 6.54 Å². The van der Waals surface area contributed by atoms with E-state index >= 15 is 0 Å². The van der Waals surface area contributed by atoms with Crippen LogP contribution in [0.1, 0.15) is 18.4 Å². The number of hydrogen-bond donors (Lipinski definition) is 0. The molecule has 1 nitrogen and oxygen atoms in total. The van der Waals surface area contributed by atoms with Gasteiger partial charge in [-0.2, -0.15) is 0 Å². The van der Waals surface area contributed by atoms with E-state index in [1.54, 1.807) is 0 Å². The van der Waals surface area contributed by atoms with E-state index in [4.69, 9.17) is 6.42 Å². The minimum atomic E-state index is 0.537. The normalized spacial score (nSPS) is 12.4. The maximum absolute atomic E-state index is 5.25. The van der Waals surface area contributed by atoms with Gasteiger partial charge < -0.3 is 0 Å². The third kappa shape index (κ3) is 3.24. The fraction of sp³-hybridized carbons (Fsp3) is 0.385. The van der Waals surface area contributed by atoms with Crippen molar-refractivity contribution >= 4 is 0 Å². The van der Waals surface area contributed by atoms with E-state index < -0.39 is 0 Å². The summed E-state index contributed by atoms with van der Waals surface area (Å²) in [4.78, 5) is 2.16. The van der Waals surface area contributed by atoms with Gasteiger partial charge in [-0.1, -0.05) is 43.2 Å². The summed E-state index contributed by atoms with van der Waals surface area (Å²) in [5.74, 6) is 3.19. The van der Waals surface area contributed by atoms with Crippen molar-refractivity contribution in [1.29, 1.82) is 0 Å². The summed E-state index contributed by atoms with van der Waals surface area (Å²) in [6, 6.07) is 10.5. The van der Waals surface area contributed by atoms with Crippen molar-refractivity contribution in [3.05, 3.63) is 35.9 Å². The van der Waals surface area contributed by atoms with Crippen LogP contribution in [-0.4, -0.2) is 25.0 Å². The molecule has 14 heavy (non-hydrogen) atoms. The highest BCUT2D eigenvalue weighted by molar-refractivity contribution is 5.19. The molecule has 0 saturated carbocycles. The minimum absolute atomic E-state index is 0.537. The highest BCUT2D eigenvalue weighted by Crippen LogP contribution is 2.14. The van der Waals surface area contributed by atoms with Crippen LogP contribution < -0.4 is 0 Å². The quantitative estimate of drug-likeness (QED) is 0.654. The molecule has 0 aliphatic carbocycles. The van der Waals surface area contributed by atoms with E-state index in [2.05, 4.69) is 49.1 Å². The Morgan fingerprint density at radius 1 is 1.36 bits per heavy atom. The molecule has 1 heteroatoms. The summed E-state index contributed by atoms with van der Waals surface area (Å²) < 4.78 is 0. The summed E-state index contributed by atoms with van der Waals surface area (Å²) >= 11 is 0. The lowest BCUT2D eigenvalue weighted by Crippen LogP contribution is -2.23. The monoisotopic (exact) mass is 187 g/mol. The van der Waals surface area contributed by atoms with E-state index in [1.165, 1.54) is 5.56 Å². The average molecular weight is 187 g/mol. The van der Waals surface area contributed by atoms with Gasteiger partial charge in [0.15, 0.2) is 0 Å². The van der Waals surface area contributed by atoms with Crippen LogP contribution in [0.2, 0.25) is 0 Å². The fourth-order valence-corrected chi connectivity index (χ4v) is 1.57. The smallest absolute Gasteiger partial charge is 0.0596 e. The highest BCUT2D eigenvalue weighted by atomic mass is 15.1. The Bertz CT molecular complexity index is 297. The van der Waals surface area contributed by atoms with Gasteiger partial charge in [0.25, 0.3) is 0 Å². The third-order valence-corrected chi connectivity index (χ3v) is 2.32. The molecule has 0 bridgehead atoms. The number of hydrogen-bond acceptors (Lipinski definition) is 1. The van der Waals surface area contributed by atoms with E-state index in [0.717, 1.165) is 13.1 Å². The Morgan fingerprint density at radius 2 is 2.00 bits per heavy atom. The molecule has 1 atom stereocenters. The molecular weight excluding hydrogens is 170 g/mol. The van der Waals surface area contributed by atoms with Gasteiger partial charge in [0.1, 0.15) is 0 Å². The molecule has 0 N–H and O–H groups in total. The summed E-state index contributed by atoms with van der Waals surface area (Å²) in [7, 11) is 2.05. The second kappa shape index (κ2) is 5.47. The van der Waals surface area contributed by atoms with Crippen LogP contribution in [0.25, 0.3) is 0 Å². The van der Waals surface area contributed by atoms with Crippen molar-refractivity contribution in [2.75, 3.05) is 20.1 Å². The molecule has 0 aliphatic heterocycles. The lowest BCUT2D eigenvalue weighted by Gasteiger charge is -2.19. The molecule has 0 aromatic heterocycles. The number of benzene rings is 1. The molecule has 0 radical (unpaired) electrons. The predicted molar refractivity (Wildman–Crippen MR) is 61.2 cm³/mol. The second-order valence-corrected chi connectivity index (χ2v) is 3.71. The van der Waals surface area contributed by atoms with E-state index in [0.29, 0.717) is 5.92 Å². The van der Waals surface area contributed by atoms with Crippen molar-refractivity contribution in [1.82, 2.24) is 4.90 Å². The number of terminal acetylenes is 1. The molecular formula is C13H17N. The van der Waals surface area contributed by atoms with Crippen molar-refractivity contribution < 1.29 is 0 Å². The zero-order valence-corrected chi connectivity index (χ0v) is 8.90. The minimum Gasteiger partial charge on any atom is -0.295 e. The standard InChI is InChI=1S/C13H17N/c1-4-10-14(3)11-12(2)13-8-6-5-7-9-13/h1,5-9,12H,10-11H2,2-3H3/t12-/m0/s1. The molecule has 0 fully saturated rings. The van der Waals surface area contributed by atoms with Crippen LogP contribution in [-0.2, 0) is 0 Å². The van der Waals surface area contributed by atoms with Crippen LogP contribution in [0.3, 0.4) is 0 Å². The van der Waals surface area contributed by atoms with E-state index in [9.17, 15) is 0 Å². The summed E-state index contributed by atoms with van der Waals surface area (Å²) in [6.07, 6.45) is 5.25. The summed E-state index contributed by atoms with van der Waals surface area (Å²) in [5.41, 5.74) is 1.37. The highest BCUT2D eigenvalue weighted by Gasteiger charge is 2.06. The largest absolute Gasteiger partial charge is 0.295 e. The summed E-state index contributed by atoms with van der Waals surface area (Å²) in [6.45, 7) is 3.95. The first kappa shape index (κ1) is 10.8. The lowest BCUT2D eigenvalue weighted by atomic mass is 10.0. The Kier molecular flexibility index (Phi) is 4.22. The van der Waals surface area contributed by atoms with Crippen molar-refractivity contribution in [2.45, 2.75) is 12.8 Å². The maximum atomic E-state index is 5.25. The fourth-order valence-electron chi connectivity index (χ4n) is 1.57. The van der Waals surface area contributed by atoms with Gasteiger partial charge in [0, 0.05) is 6.54 Å². The van der Waals surface area contributed by atoms with E-state index in [-0.39, 0.29) is 0 Å². The molecule has 0 amide bonds. The van der Waals surface area contributed by atoms with Crippen LogP contribution in [0.5, 0.6) is 0 Å². The molecule has 0 spiro atoms. The number of rotatable bonds is 4. The zero-order chi connectivity index (χ0) is 10.4. The molecule has 0 saturated heterocycles. The number of nitrogens with zero attached hydrogens (tertiary/aromatic N) is 1. The summed E-state index contributed by atoms with van der Waals surface area (Å²) in [5, 5.41) is 0. The first-order chi connectivity index (χ1) is 6.74. The van der Waals surface area contributed by atoms with Crippen molar-refractivity contribution in [3.63, 3.8) is 0 Å². The molecule has 74 valence electrons. The first-order valence-electron chi connectivity index (χ1n) is 4.91. The third-order valence-electron chi connectivity index (χ3n) is 2.32. The number of likely N-dealkylation sites (N-methyl/N-ethyl adjacent to an activating group) is 1. The first-order valence-corrected chi connectivity index (χ1v) is 4.91. The van der Waals surface area contributed by atoms with Crippen molar-refractivity contribution in [2.24, 2.45) is 0 Å². The van der Waals surface area contributed by atoms with Crippen molar-refractivity contribution in [3.8, 4) is 12.3 Å². The van der Waals surface area contributed by atoms with Gasteiger partial charge in [-0.25, -0.2) is 0 Å². The molecule has 0 aliphatic rings. The van der Waals surface area contributed by atoms with Crippen LogP contribution in [0, 0.1) is 12.3 Å². The maximum Gasteiger partial charge on any atom is 0.0596 e. The Labute approximate surface area is 86.7 Å². The van der Waals surface area contributed by atoms with E-state index in [1.807, 2.05) is 6.07 Å². The Balaban J connectivity index is 2.51. The SMILES string of the molecule is C#CCN(C)C[C@H](C)c1ccccc1. The zero-order valence-electron chi connectivity index (χ0n) is 8.90. The van der Waals surface area contributed by atoms with Crippen LogP contribution in [0.4, 0.5) is 0 Å². The Hall–Kier alpha value is -1.26. The lowest BCUT2D eigenvalue weighted by molar-refractivity contribution is 0.354. The van der Waals surface area contributed by atoms with Gasteiger partial charge in [-0.05, 0) is 18.5 Å². The molecule has 1 aromatic carbocycles. The van der Waals surface area contributed by atoms with Gasteiger partial charge >= 0.3 is 0 Å². The Morgan fingerprint density at radius 3 is 2.57 bits per heavy atom. The second-order valence-electron chi connectivity index (χ2n) is 3.71. The predicted octanol–water partition coefficient (Wildman–Crippen LogP) is 2.36. The molecule has 1 aromatic rings. The van der Waals surface area contributed by atoms with Crippen LogP contribution >= 0.6 is 0 Å². The van der Waals surface area contributed by atoms with Gasteiger partial charge in [-0.3, -0.25) is 4.90 Å². The van der Waals surface area contributed by atoms with Crippen LogP contribution in [0.15, 0.2) is 30.3 Å². The average Bonchev–Trinajstić information content (AvgIpc) is 2.19. The van der Waals surface area contributed by atoms with Gasteiger partial charge in [0.2, 0.25) is 0 Å². The molecule has 0 unspecified atom stereocenters. The van der Waals surface area contributed by atoms with Gasteiger partial charge in [-0.15, -0.1) is 6.42 Å². The molecule has 1 rings (SSSR count). The molecule has 0 heterocycles.